The number of rotatable bonds is 5. The average molecular weight is 349 g/mol. The molecule has 0 N–H and O–H groups in total. The lowest BCUT2D eigenvalue weighted by molar-refractivity contribution is 0.241. The van der Waals surface area contributed by atoms with Gasteiger partial charge in [-0.1, -0.05) is 47.8 Å². The first-order valence-corrected chi connectivity index (χ1v) is 9.11. The molecular weight excluding hydrogens is 326 g/mol. The fourth-order valence-electron chi connectivity index (χ4n) is 3.69. The Balaban J connectivity index is 1.55. The highest BCUT2D eigenvalue weighted by molar-refractivity contribution is 5.35. The van der Waals surface area contributed by atoms with Crippen molar-refractivity contribution in [2.75, 3.05) is 0 Å². The third-order valence-corrected chi connectivity index (χ3v) is 5.20. The van der Waals surface area contributed by atoms with E-state index in [0.717, 1.165) is 24.4 Å². The Morgan fingerprint density at radius 3 is 2.50 bits per heavy atom. The molecule has 0 atom stereocenters. The third-order valence-electron chi connectivity index (χ3n) is 5.20. The Morgan fingerprint density at radius 2 is 1.81 bits per heavy atom. The lowest BCUT2D eigenvalue weighted by Crippen LogP contribution is -2.25. The Kier molecular flexibility index (Phi) is 4.45. The number of aryl methyl sites for hydroxylation is 2. The summed E-state index contributed by atoms with van der Waals surface area (Å²) in [6.45, 7) is 4.30. The van der Waals surface area contributed by atoms with E-state index in [1.54, 1.807) is 6.20 Å². The number of nitrogens with zero attached hydrogens (tertiary/aromatic N) is 3. The zero-order valence-electron chi connectivity index (χ0n) is 15.2. The molecule has 0 saturated heterocycles. The van der Waals surface area contributed by atoms with Crippen LogP contribution in [0.15, 0.2) is 47.1 Å². The molecule has 1 fully saturated rings. The largest absolute Gasteiger partial charge is 0.482 e. The zero-order chi connectivity index (χ0) is 18.0. The molecule has 0 unspecified atom stereocenters. The summed E-state index contributed by atoms with van der Waals surface area (Å²) in [5.74, 6) is 1.97. The standard InChI is InChI=1S/C21H23N3O2/c1-15-5-8-17(9-6-15)21(11-3-4-12-21)20-23-19(26-24-20)14-25-18-10-7-16(2)22-13-18/h5-10,13H,3-4,11-12,14H2,1-2H3. The second kappa shape index (κ2) is 6.90. The van der Waals surface area contributed by atoms with Crippen molar-refractivity contribution in [3.63, 3.8) is 0 Å². The molecule has 5 heteroatoms. The van der Waals surface area contributed by atoms with Gasteiger partial charge in [-0.2, -0.15) is 4.98 Å². The van der Waals surface area contributed by atoms with Crippen molar-refractivity contribution in [2.24, 2.45) is 0 Å². The summed E-state index contributed by atoms with van der Waals surface area (Å²) >= 11 is 0. The van der Waals surface area contributed by atoms with Crippen molar-refractivity contribution in [3.8, 4) is 5.75 Å². The van der Waals surface area contributed by atoms with Crippen molar-refractivity contribution >= 4 is 0 Å². The average Bonchev–Trinajstić information content (AvgIpc) is 3.32. The van der Waals surface area contributed by atoms with Gasteiger partial charge in [-0.15, -0.1) is 0 Å². The zero-order valence-corrected chi connectivity index (χ0v) is 15.2. The number of ether oxygens (including phenoxy) is 1. The highest BCUT2D eigenvalue weighted by Gasteiger charge is 2.41. The molecule has 0 aliphatic heterocycles. The summed E-state index contributed by atoms with van der Waals surface area (Å²) in [4.78, 5) is 8.90. The monoisotopic (exact) mass is 349 g/mol. The molecule has 5 nitrogen and oxygen atoms in total. The van der Waals surface area contributed by atoms with Crippen molar-refractivity contribution in [2.45, 2.75) is 51.6 Å². The van der Waals surface area contributed by atoms with E-state index in [2.05, 4.69) is 46.3 Å². The van der Waals surface area contributed by atoms with Gasteiger partial charge in [-0.25, -0.2) is 0 Å². The van der Waals surface area contributed by atoms with Gasteiger partial charge in [0.15, 0.2) is 12.4 Å². The van der Waals surface area contributed by atoms with E-state index in [0.29, 0.717) is 11.6 Å². The first-order valence-electron chi connectivity index (χ1n) is 9.11. The molecule has 1 saturated carbocycles. The van der Waals surface area contributed by atoms with Gasteiger partial charge in [-0.3, -0.25) is 4.98 Å². The van der Waals surface area contributed by atoms with Gasteiger partial charge < -0.3 is 9.26 Å². The highest BCUT2D eigenvalue weighted by atomic mass is 16.5. The second-order valence-electron chi connectivity index (χ2n) is 7.09. The normalized spacial score (nSPS) is 15.9. The van der Waals surface area contributed by atoms with E-state index in [4.69, 9.17) is 9.26 Å². The molecule has 0 amide bonds. The summed E-state index contributed by atoms with van der Waals surface area (Å²) in [6, 6.07) is 12.5. The molecule has 4 rings (SSSR count). The highest BCUT2D eigenvalue weighted by Crippen LogP contribution is 2.45. The number of pyridine rings is 1. The molecule has 1 aliphatic carbocycles. The summed E-state index contributed by atoms with van der Waals surface area (Å²) in [5.41, 5.74) is 3.35. The predicted octanol–water partition coefficient (Wildman–Crippen LogP) is 4.52. The first kappa shape index (κ1) is 16.8. The minimum atomic E-state index is -0.138. The minimum Gasteiger partial charge on any atom is -0.482 e. The predicted molar refractivity (Wildman–Crippen MR) is 98.0 cm³/mol. The van der Waals surface area contributed by atoms with Crippen LogP contribution in [0.4, 0.5) is 0 Å². The maximum atomic E-state index is 5.72. The Morgan fingerprint density at radius 1 is 1.04 bits per heavy atom. The van der Waals surface area contributed by atoms with Crippen molar-refractivity contribution in [1.29, 1.82) is 0 Å². The van der Waals surface area contributed by atoms with Crippen molar-refractivity contribution < 1.29 is 9.26 Å². The van der Waals surface area contributed by atoms with E-state index in [-0.39, 0.29) is 12.0 Å². The van der Waals surface area contributed by atoms with E-state index in [9.17, 15) is 0 Å². The molecule has 3 aromatic rings. The van der Waals surface area contributed by atoms with Crippen molar-refractivity contribution in [3.05, 3.63) is 71.1 Å². The molecule has 1 aromatic carbocycles. The Bertz CT molecular complexity index is 863. The second-order valence-corrected chi connectivity index (χ2v) is 7.09. The van der Waals surface area contributed by atoms with Crippen LogP contribution >= 0.6 is 0 Å². The topological polar surface area (TPSA) is 61.0 Å². The molecule has 1 aliphatic rings. The van der Waals surface area contributed by atoms with Gasteiger partial charge >= 0.3 is 0 Å². The first-order chi connectivity index (χ1) is 12.7. The van der Waals surface area contributed by atoms with Crippen LogP contribution in [-0.2, 0) is 12.0 Å². The Hall–Kier alpha value is -2.69. The lowest BCUT2D eigenvalue weighted by atomic mass is 9.78. The number of hydrogen-bond donors (Lipinski definition) is 0. The van der Waals surface area contributed by atoms with Crippen LogP contribution in [0.3, 0.4) is 0 Å². The molecule has 0 bridgehead atoms. The van der Waals surface area contributed by atoms with Crippen LogP contribution in [0.25, 0.3) is 0 Å². The number of benzene rings is 1. The molecule has 2 heterocycles. The van der Waals surface area contributed by atoms with Gasteiger partial charge in [0.2, 0.25) is 0 Å². The van der Waals surface area contributed by atoms with Crippen LogP contribution in [0.1, 0.15) is 54.2 Å². The summed E-state index contributed by atoms with van der Waals surface area (Å²) in [7, 11) is 0. The lowest BCUT2D eigenvalue weighted by Gasteiger charge is -2.25. The molecule has 134 valence electrons. The molecule has 2 aromatic heterocycles. The minimum absolute atomic E-state index is 0.138. The van der Waals surface area contributed by atoms with Gasteiger partial charge in [0, 0.05) is 5.69 Å². The molecule has 26 heavy (non-hydrogen) atoms. The number of aromatic nitrogens is 3. The smallest absolute Gasteiger partial charge is 0.264 e. The fraction of sp³-hybridized carbons (Fsp3) is 0.381. The summed E-state index contributed by atoms with van der Waals surface area (Å²) < 4.78 is 11.2. The Labute approximate surface area is 153 Å². The van der Waals surface area contributed by atoms with E-state index in [1.165, 1.54) is 24.0 Å². The van der Waals surface area contributed by atoms with Crippen LogP contribution < -0.4 is 4.74 Å². The summed E-state index contributed by atoms with van der Waals surface area (Å²) in [5, 5.41) is 4.31. The molecule has 0 radical (unpaired) electrons. The fourth-order valence-corrected chi connectivity index (χ4v) is 3.69. The maximum absolute atomic E-state index is 5.72. The van der Waals surface area contributed by atoms with Crippen LogP contribution in [0.2, 0.25) is 0 Å². The van der Waals surface area contributed by atoms with Gasteiger partial charge in [0.05, 0.1) is 11.6 Å². The van der Waals surface area contributed by atoms with E-state index < -0.39 is 0 Å². The SMILES string of the molecule is Cc1ccc(C2(c3noc(COc4ccc(C)nc4)n3)CCCC2)cc1. The summed E-state index contributed by atoms with van der Waals surface area (Å²) in [6.07, 6.45) is 6.18. The van der Waals surface area contributed by atoms with Crippen LogP contribution in [-0.4, -0.2) is 15.1 Å². The van der Waals surface area contributed by atoms with Crippen LogP contribution in [0, 0.1) is 13.8 Å². The van der Waals surface area contributed by atoms with E-state index >= 15 is 0 Å². The van der Waals surface area contributed by atoms with Gasteiger partial charge in [-0.05, 0) is 44.4 Å². The maximum Gasteiger partial charge on any atom is 0.264 e. The quantitative estimate of drug-likeness (QED) is 0.678. The number of hydrogen-bond acceptors (Lipinski definition) is 5. The van der Waals surface area contributed by atoms with Crippen LogP contribution in [0.5, 0.6) is 5.75 Å². The van der Waals surface area contributed by atoms with Gasteiger partial charge in [0.1, 0.15) is 5.75 Å². The molecular formula is C21H23N3O2. The van der Waals surface area contributed by atoms with E-state index in [1.807, 2.05) is 19.1 Å². The van der Waals surface area contributed by atoms with Gasteiger partial charge in [0.25, 0.3) is 5.89 Å². The third kappa shape index (κ3) is 3.21. The van der Waals surface area contributed by atoms with Crippen molar-refractivity contribution in [1.82, 2.24) is 15.1 Å². The molecule has 0 spiro atoms.